The van der Waals surface area contributed by atoms with Gasteiger partial charge in [-0.05, 0) is 18.1 Å². The van der Waals surface area contributed by atoms with Gasteiger partial charge in [0, 0.05) is 5.56 Å². The number of ketones is 1. The smallest absolute Gasteiger partial charge is 0.208 e. The van der Waals surface area contributed by atoms with Crippen molar-refractivity contribution in [3.05, 3.63) is 66.0 Å². The molecule has 0 bridgehead atoms. The third-order valence-electron chi connectivity index (χ3n) is 3.22. The molecule has 22 heavy (non-hydrogen) atoms. The fourth-order valence-electron chi connectivity index (χ4n) is 2.08. The summed E-state index contributed by atoms with van der Waals surface area (Å²) < 4.78 is 0. The van der Waals surface area contributed by atoms with Crippen LogP contribution < -0.4 is 0 Å². The lowest BCUT2D eigenvalue weighted by molar-refractivity contribution is 0.102. The second-order valence-corrected chi connectivity index (χ2v) is 5.80. The van der Waals surface area contributed by atoms with Crippen molar-refractivity contribution >= 4 is 17.5 Å². The molecule has 0 spiro atoms. The number of benzene rings is 2. The molecule has 0 fully saturated rings. The minimum Gasteiger partial charge on any atom is -0.293 e. The van der Waals surface area contributed by atoms with Gasteiger partial charge in [-0.15, -0.1) is 5.10 Å². The predicted molar refractivity (Wildman–Crippen MR) is 88.1 cm³/mol. The Balaban J connectivity index is 1.66. The highest BCUT2D eigenvalue weighted by Crippen LogP contribution is 2.20. The molecule has 1 aromatic heterocycles. The molecule has 1 N–H and O–H groups in total. The van der Waals surface area contributed by atoms with E-state index in [0.29, 0.717) is 16.5 Å². The summed E-state index contributed by atoms with van der Waals surface area (Å²) >= 11 is 1.34. The molecular weight excluding hydrogens is 294 g/mol. The van der Waals surface area contributed by atoms with Crippen LogP contribution in [0.25, 0.3) is 11.1 Å². The molecule has 3 rings (SSSR count). The molecule has 0 amide bonds. The Labute approximate surface area is 133 Å². The number of hydrogen-bond donors (Lipinski definition) is 1. The summed E-state index contributed by atoms with van der Waals surface area (Å²) in [6.45, 7) is 1.83. The molecule has 4 nitrogen and oxygen atoms in total. The summed E-state index contributed by atoms with van der Waals surface area (Å²) in [4.78, 5) is 16.4. The van der Waals surface area contributed by atoms with Crippen LogP contribution in [-0.2, 0) is 0 Å². The van der Waals surface area contributed by atoms with Gasteiger partial charge in [0.05, 0.1) is 5.75 Å². The van der Waals surface area contributed by atoms with E-state index in [0.717, 1.165) is 17.0 Å². The quantitative estimate of drug-likeness (QED) is 0.576. The lowest BCUT2D eigenvalue weighted by Crippen LogP contribution is -2.02. The number of Topliss-reactive ketones (excluding diaryl/α,β-unsaturated/α-hetero) is 1. The minimum absolute atomic E-state index is 0.0760. The zero-order chi connectivity index (χ0) is 15.4. The van der Waals surface area contributed by atoms with Gasteiger partial charge in [-0.2, -0.15) is 0 Å². The van der Waals surface area contributed by atoms with Crippen molar-refractivity contribution in [1.29, 1.82) is 0 Å². The fraction of sp³-hybridized carbons (Fsp3) is 0.118. The van der Waals surface area contributed by atoms with E-state index in [1.54, 1.807) is 0 Å². The number of aromatic amines is 1. The van der Waals surface area contributed by atoms with E-state index in [2.05, 4.69) is 27.3 Å². The molecule has 5 heteroatoms. The van der Waals surface area contributed by atoms with Crippen LogP contribution in [0.4, 0.5) is 0 Å². The van der Waals surface area contributed by atoms with E-state index in [9.17, 15) is 4.79 Å². The maximum absolute atomic E-state index is 12.2. The standard InChI is InChI=1S/C17H15N3OS/c1-12-18-17(20-19-12)22-11-16(21)15-9-7-14(8-10-15)13-5-3-2-4-6-13/h2-10H,11H2,1H3,(H,18,19,20). The van der Waals surface area contributed by atoms with Crippen LogP contribution >= 0.6 is 11.8 Å². The number of H-pyrrole nitrogens is 1. The molecular formula is C17H15N3OS. The van der Waals surface area contributed by atoms with E-state index in [1.165, 1.54) is 11.8 Å². The van der Waals surface area contributed by atoms with Crippen LogP contribution in [0.2, 0.25) is 0 Å². The summed E-state index contributed by atoms with van der Waals surface area (Å²) in [7, 11) is 0. The lowest BCUT2D eigenvalue weighted by atomic mass is 10.0. The number of aryl methyl sites for hydroxylation is 1. The van der Waals surface area contributed by atoms with Gasteiger partial charge in [-0.1, -0.05) is 66.4 Å². The minimum atomic E-state index is 0.0760. The highest BCUT2D eigenvalue weighted by atomic mass is 32.2. The number of thioether (sulfide) groups is 1. The van der Waals surface area contributed by atoms with Crippen molar-refractivity contribution in [3.63, 3.8) is 0 Å². The van der Waals surface area contributed by atoms with Gasteiger partial charge in [0.15, 0.2) is 5.78 Å². The third-order valence-corrected chi connectivity index (χ3v) is 4.07. The lowest BCUT2D eigenvalue weighted by Gasteiger charge is -2.03. The van der Waals surface area contributed by atoms with Crippen LogP contribution in [0, 0.1) is 6.92 Å². The predicted octanol–water partition coefficient (Wildman–Crippen LogP) is 3.76. The fourth-order valence-corrected chi connectivity index (χ4v) is 2.82. The van der Waals surface area contributed by atoms with Crippen LogP contribution in [0.3, 0.4) is 0 Å². The Bertz CT molecular complexity index is 766. The van der Waals surface area contributed by atoms with E-state index in [-0.39, 0.29) is 5.78 Å². The summed E-state index contributed by atoms with van der Waals surface area (Å²) in [5.74, 6) is 1.16. The van der Waals surface area contributed by atoms with Crippen LogP contribution in [0.15, 0.2) is 59.8 Å². The normalized spacial score (nSPS) is 10.6. The van der Waals surface area contributed by atoms with Crippen molar-refractivity contribution in [2.75, 3.05) is 5.75 Å². The number of aromatic nitrogens is 3. The molecule has 0 unspecified atom stereocenters. The summed E-state index contributed by atoms with van der Waals surface area (Å²) in [5, 5.41) is 7.38. The SMILES string of the molecule is Cc1nc(SCC(=O)c2ccc(-c3ccccc3)cc2)n[nH]1. The molecule has 2 aromatic carbocycles. The topological polar surface area (TPSA) is 58.6 Å². The molecule has 0 aliphatic rings. The Morgan fingerprint density at radius 1 is 1.05 bits per heavy atom. The van der Waals surface area contributed by atoms with E-state index >= 15 is 0 Å². The molecule has 110 valence electrons. The Morgan fingerprint density at radius 3 is 2.36 bits per heavy atom. The number of hydrogen-bond acceptors (Lipinski definition) is 4. The van der Waals surface area contributed by atoms with Crippen molar-refractivity contribution < 1.29 is 4.79 Å². The number of rotatable bonds is 5. The maximum atomic E-state index is 12.2. The summed E-state index contributed by atoms with van der Waals surface area (Å²) in [5.41, 5.74) is 2.96. The van der Waals surface area contributed by atoms with Crippen LogP contribution in [0.5, 0.6) is 0 Å². The first-order chi connectivity index (χ1) is 10.7. The van der Waals surface area contributed by atoms with Gasteiger partial charge < -0.3 is 0 Å². The monoisotopic (exact) mass is 309 g/mol. The van der Waals surface area contributed by atoms with Gasteiger partial charge in [0.1, 0.15) is 5.82 Å². The summed E-state index contributed by atoms with van der Waals surface area (Å²) in [6, 6.07) is 17.8. The molecule has 1 heterocycles. The molecule has 0 aliphatic carbocycles. The number of nitrogens with zero attached hydrogens (tertiary/aromatic N) is 2. The third kappa shape index (κ3) is 3.43. The first-order valence-electron chi connectivity index (χ1n) is 6.93. The van der Waals surface area contributed by atoms with Crippen molar-refractivity contribution in [3.8, 4) is 11.1 Å². The first kappa shape index (κ1) is 14.5. The number of nitrogens with one attached hydrogen (secondary N) is 1. The molecule has 0 radical (unpaired) electrons. The maximum Gasteiger partial charge on any atom is 0.208 e. The zero-order valence-corrected chi connectivity index (χ0v) is 12.9. The Kier molecular flexibility index (Phi) is 4.34. The van der Waals surface area contributed by atoms with Gasteiger partial charge in [-0.25, -0.2) is 4.98 Å². The molecule has 0 aliphatic heterocycles. The van der Waals surface area contributed by atoms with Gasteiger partial charge >= 0.3 is 0 Å². The van der Waals surface area contributed by atoms with Gasteiger partial charge in [-0.3, -0.25) is 9.89 Å². The molecule has 0 saturated heterocycles. The van der Waals surface area contributed by atoms with E-state index in [1.807, 2.05) is 49.4 Å². The second-order valence-electron chi connectivity index (χ2n) is 4.86. The number of carbonyl (C=O) groups excluding carboxylic acids is 1. The van der Waals surface area contributed by atoms with Crippen molar-refractivity contribution in [2.24, 2.45) is 0 Å². The van der Waals surface area contributed by atoms with Crippen molar-refractivity contribution in [2.45, 2.75) is 12.1 Å². The highest BCUT2D eigenvalue weighted by Gasteiger charge is 2.09. The van der Waals surface area contributed by atoms with E-state index < -0.39 is 0 Å². The molecule has 0 saturated carbocycles. The van der Waals surface area contributed by atoms with Crippen molar-refractivity contribution in [1.82, 2.24) is 15.2 Å². The van der Waals surface area contributed by atoms with Gasteiger partial charge in [0.2, 0.25) is 5.16 Å². The number of carbonyl (C=O) groups is 1. The molecule has 3 aromatic rings. The highest BCUT2D eigenvalue weighted by molar-refractivity contribution is 7.99. The zero-order valence-electron chi connectivity index (χ0n) is 12.1. The van der Waals surface area contributed by atoms with Crippen LogP contribution in [0.1, 0.15) is 16.2 Å². The Hall–Kier alpha value is -2.40. The largest absolute Gasteiger partial charge is 0.293 e. The summed E-state index contributed by atoms with van der Waals surface area (Å²) in [6.07, 6.45) is 0. The Morgan fingerprint density at radius 2 is 1.73 bits per heavy atom. The van der Waals surface area contributed by atoms with E-state index in [4.69, 9.17) is 0 Å². The van der Waals surface area contributed by atoms with Crippen LogP contribution in [-0.4, -0.2) is 26.7 Å². The average molecular weight is 309 g/mol. The van der Waals surface area contributed by atoms with Gasteiger partial charge in [0.25, 0.3) is 0 Å². The first-order valence-corrected chi connectivity index (χ1v) is 7.91. The second kappa shape index (κ2) is 6.58. The molecule has 0 atom stereocenters. The average Bonchev–Trinajstić information content (AvgIpc) is 2.99.